The Morgan fingerprint density at radius 3 is 2.74 bits per heavy atom. The highest BCUT2D eigenvalue weighted by Gasteiger charge is 2.31. The van der Waals surface area contributed by atoms with Gasteiger partial charge in [0.05, 0.1) is 11.6 Å². The smallest absolute Gasteiger partial charge is 0.237 e. The van der Waals surface area contributed by atoms with Gasteiger partial charge in [-0.1, -0.05) is 33.6 Å². The van der Waals surface area contributed by atoms with Crippen LogP contribution in [0, 0.1) is 5.92 Å². The molecule has 1 fully saturated rings. The summed E-state index contributed by atoms with van der Waals surface area (Å²) >= 11 is 0. The van der Waals surface area contributed by atoms with Gasteiger partial charge in [0.2, 0.25) is 5.91 Å². The number of piperidine rings is 1. The minimum Gasteiger partial charge on any atom is -0.388 e. The second-order valence-electron chi connectivity index (χ2n) is 6.02. The van der Waals surface area contributed by atoms with Crippen LogP contribution in [0.1, 0.15) is 53.4 Å². The topological polar surface area (TPSA) is 52.6 Å². The molecule has 4 nitrogen and oxygen atoms in total. The Hall–Kier alpha value is -0.610. The van der Waals surface area contributed by atoms with Gasteiger partial charge < -0.3 is 10.4 Å². The van der Waals surface area contributed by atoms with Crippen LogP contribution in [-0.2, 0) is 4.79 Å². The highest BCUT2D eigenvalue weighted by molar-refractivity contribution is 5.81. The largest absolute Gasteiger partial charge is 0.388 e. The van der Waals surface area contributed by atoms with E-state index < -0.39 is 5.60 Å². The van der Waals surface area contributed by atoms with Gasteiger partial charge in [0.1, 0.15) is 0 Å². The Kier molecular flexibility index (Phi) is 6.27. The summed E-state index contributed by atoms with van der Waals surface area (Å²) in [5.74, 6) is 0.256. The molecule has 0 radical (unpaired) electrons. The van der Waals surface area contributed by atoms with Crippen molar-refractivity contribution in [2.75, 3.05) is 19.6 Å². The van der Waals surface area contributed by atoms with Crippen molar-refractivity contribution in [1.29, 1.82) is 0 Å². The van der Waals surface area contributed by atoms with Crippen LogP contribution in [0.3, 0.4) is 0 Å². The van der Waals surface area contributed by atoms with E-state index in [1.165, 1.54) is 6.42 Å². The molecule has 0 spiro atoms. The summed E-state index contributed by atoms with van der Waals surface area (Å²) in [6.45, 7) is 10.2. The van der Waals surface area contributed by atoms with E-state index >= 15 is 0 Å². The normalized spacial score (nSPS) is 25.6. The third-order valence-electron chi connectivity index (χ3n) is 4.62. The van der Waals surface area contributed by atoms with Crippen LogP contribution in [0.25, 0.3) is 0 Å². The van der Waals surface area contributed by atoms with E-state index in [0.717, 1.165) is 32.4 Å². The van der Waals surface area contributed by atoms with Crippen LogP contribution in [0.2, 0.25) is 0 Å². The number of carbonyl (C=O) groups excluding carboxylic acids is 1. The summed E-state index contributed by atoms with van der Waals surface area (Å²) in [5.41, 5.74) is -0.823. The lowest BCUT2D eigenvalue weighted by Crippen LogP contribution is -2.53. The monoisotopic (exact) mass is 270 g/mol. The quantitative estimate of drug-likeness (QED) is 0.773. The number of hydrogen-bond acceptors (Lipinski definition) is 3. The number of amides is 1. The fraction of sp³-hybridized carbons (Fsp3) is 0.933. The molecule has 0 aromatic rings. The maximum atomic E-state index is 12.3. The van der Waals surface area contributed by atoms with Crippen LogP contribution in [0.5, 0.6) is 0 Å². The Morgan fingerprint density at radius 1 is 1.47 bits per heavy atom. The first kappa shape index (κ1) is 16.4. The van der Waals surface area contributed by atoms with Crippen LogP contribution in [0.4, 0.5) is 0 Å². The van der Waals surface area contributed by atoms with E-state index in [1.807, 2.05) is 6.92 Å². The SMILES string of the molecule is CCC(C)C(C)(O)CNC(=O)C1CCCCN1CC. The first-order valence-corrected chi connectivity index (χ1v) is 7.66. The van der Waals surface area contributed by atoms with Gasteiger partial charge in [-0.2, -0.15) is 0 Å². The van der Waals surface area contributed by atoms with Crippen molar-refractivity contribution in [3.05, 3.63) is 0 Å². The van der Waals surface area contributed by atoms with Crippen molar-refractivity contribution in [1.82, 2.24) is 10.2 Å². The zero-order valence-corrected chi connectivity index (χ0v) is 12.9. The molecule has 1 saturated heterocycles. The predicted molar refractivity (Wildman–Crippen MR) is 78.0 cm³/mol. The Morgan fingerprint density at radius 2 is 2.16 bits per heavy atom. The molecular formula is C15H30N2O2. The lowest BCUT2D eigenvalue weighted by molar-refractivity contribution is -0.129. The highest BCUT2D eigenvalue weighted by Crippen LogP contribution is 2.20. The Bertz CT molecular complexity index is 292. The second kappa shape index (κ2) is 7.25. The number of nitrogens with zero attached hydrogens (tertiary/aromatic N) is 1. The van der Waals surface area contributed by atoms with Crippen molar-refractivity contribution < 1.29 is 9.90 Å². The molecule has 2 N–H and O–H groups in total. The first-order valence-electron chi connectivity index (χ1n) is 7.66. The van der Waals surface area contributed by atoms with Gasteiger partial charge in [0.15, 0.2) is 0 Å². The molecule has 1 heterocycles. The number of aliphatic hydroxyl groups is 1. The maximum absolute atomic E-state index is 12.3. The molecule has 3 atom stereocenters. The van der Waals surface area contributed by atoms with E-state index in [0.29, 0.717) is 6.54 Å². The minimum atomic E-state index is -0.823. The fourth-order valence-electron chi connectivity index (χ4n) is 2.66. The van der Waals surface area contributed by atoms with Gasteiger partial charge in [0.25, 0.3) is 0 Å². The number of rotatable bonds is 6. The Balaban J connectivity index is 2.50. The summed E-state index contributed by atoms with van der Waals surface area (Å²) in [5, 5.41) is 13.3. The summed E-state index contributed by atoms with van der Waals surface area (Å²) in [6, 6.07) is -0.00789. The van der Waals surface area contributed by atoms with Gasteiger partial charge in [-0.05, 0) is 38.8 Å². The molecule has 0 saturated carbocycles. The van der Waals surface area contributed by atoms with Gasteiger partial charge >= 0.3 is 0 Å². The second-order valence-corrected chi connectivity index (χ2v) is 6.02. The average molecular weight is 270 g/mol. The molecule has 0 aliphatic carbocycles. The lowest BCUT2D eigenvalue weighted by Gasteiger charge is -2.35. The van der Waals surface area contributed by atoms with Crippen molar-refractivity contribution in [2.45, 2.75) is 65.0 Å². The lowest BCUT2D eigenvalue weighted by atomic mass is 9.88. The molecule has 0 bridgehead atoms. The fourth-order valence-corrected chi connectivity index (χ4v) is 2.66. The van der Waals surface area contributed by atoms with Crippen molar-refractivity contribution >= 4 is 5.91 Å². The van der Waals surface area contributed by atoms with Crippen molar-refractivity contribution in [2.24, 2.45) is 5.92 Å². The molecular weight excluding hydrogens is 240 g/mol. The van der Waals surface area contributed by atoms with Crippen molar-refractivity contribution in [3.8, 4) is 0 Å². The minimum absolute atomic E-state index is 0.00789. The molecule has 1 rings (SSSR count). The number of hydrogen-bond donors (Lipinski definition) is 2. The molecule has 0 aromatic carbocycles. The van der Waals surface area contributed by atoms with E-state index in [9.17, 15) is 9.90 Å². The highest BCUT2D eigenvalue weighted by atomic mass is 16.3. The predicted octanol–water partition coefficient (Wildman–Crippen LogP) is 1.77. The molecule has 19 heavy (non-hydrogen) atoms. The number of likely N-dealkylation sites (tertiary alicyclic amines) is 1. The van der Waals surface area contributed by atoms with Crippen LogP contribution in [-0.4, -0.2) is 47.2 Å². The van der Waals surface area contributed by atoms with Gasteiger partial charge in [-0.3, -0.25) is 9.69 Å². The summed E-state index contributed by atoms with van der Waals surface area (Å²) in [7, 11) is 0. The zero-order chi connectivity index (χ0) is 14.5. The summed E-state index contributed by atoms with van der Waals surface area (Å²) in [4.78, 5) is 14.5. The third-order valence-corrected chi connectivity index (χ3v) is 4.62. The molecule has 112 valence electrons. The number of likely N-dealkylation sites (N-methyl/N-ethyl adjacent to an activating group) is 1. The zero-order valence-electron chi connectivity index (χ0n) is 12.9. The number of carbonyl (C=O) groups is 1. The Labute approximate surface area is 117 Å². The van der Waals surface area contributed by atoms with Crippen molar-refractivity contribution in [3.63, 3.8) is 0 Å². The molecule has 4 heteroatoms. The summed E-state index contributed by atoms with van der Waals surface area (Å²) in [6.07, 6.45) is 4.15. The van der Waals surface area contributed by atoms with E-state index in [1.54, 1.807) is 6.92 Å². The standard InChI is InChI=1S/C15H30N2O2/c1-5-12(3)15(4,19)11-16-14(18)13-9-7-8-10-17(13)6-2/h12-13,19H,5-11H2,1-4H3,(H,16,18). The first-order chi connectivity index (χ1) is 8.92. The van der Waals surface area contributed by atoms with Gasteiger partial charge in [0, 0.05) is 6.54 Å². The molecule has 1 aliphatic heterocycles. The van der Waals surface area contributed by atoms with E-state index in [2.05, 4.69) is 24.1 Å². The van der Waals surface area contributed by atoms with Crippen LogP contribution in [0.15, 0.2) is 0 Å². The van der Waals surface area contributed by atoms with Gasteiger partial charge in [-0.25, -0.2) is 0 Å². The molecule has 1 aliphatic rings. The molecule has 3 unspecified atom stereocenters. The van der Waals surface area contributed by atoms with E-state index in [4.69, 9.17) is 0 Å². The van der Waals surface area contributed by atoms with Gasteiger partial charge in [-0.15, -0.1) is 0 Å². The average Bonchev–Trinajstić information content (AvgIpc) is 2.43. The third kappa shape index (κ3) is 4.46. The molecule has 0 aromatic heterocycles. The van der Waals surface area contributed by atoms with Crippen LogP contribution >= 0.6 is 0 Å². The van der Waals surface area contributed by atoms with E-state index in [-0.39, 0.29) is 17.9 Å². The summed E-state index contributed by atoms with van der Waals surface area (Å²) < 4.78 is 0. The van der Waals surface area contributed by atoms with Crippen LogP contribution < -0.4 is 5.32 Å². The maximum Gasteiger partial charge on any atom is 0.237 e. The molecule has 1 amide bonds. The number of nitrogens with one attached hydrogen (secondary N) is 1.